The zero-order valence-corrected chi connectivity index (χ0v) is 15.4. The average Bonchev–Trinajstić information content (AvgIpc) is 2.73. The predicted octanol–water partition coefficient (Wildman–Crippen LogP) is 1.93. The molecule has 30 heavy (non-hydrogen) atoms. The molecule has 2 fully saturated rings. The number of hydrogen-bond acceptors (Lipinski definition) is 8. The Balaban J connectivity index is 2.33. The maximum absolute atomic E-state index is 14.7. The monoisotopic (exact) mass is 426 g/mol. The molecule has 0 aliphatic heterocycles. The lowest BCUT2D eigenvalue weighted by atomic mass is 9.79. The Morgan fingerprint density at radius 3 is 2.07 bits per heavy atom. The summed E-state index contributed by atoms with van der Waals surface area (Å²) in [6.45, 7) is -0.254. The van der Waals surface area contributed by atoms with Crippen molar-refractivity contribution in [1.29, 1.82) is 0 Å². The molecule has 0 heterocycles. The lowest BCUT2D eigenvalue weighted by molar-refractivity contribution is -0.173. The zero-order valence-electron chi connectivity index (χ0n) is 15.4. The number of aliphatic hydroxyl groups excluding tert-OH is 3. The van der Waals surface area contributed by atoms with Gasteiger partial charge in [0.15, 0.2) is 0 Å². The highest BCUT2D eigenvalue weighted by molar-refractivity contribution is 5.04. The van der Waals surface area contributed by atoms with E-state index in [0.717, 1.165) is 0 Å². The van der Waals surface area contributed by atoms with E-state index in [2.05, 4.69) is 40.1 Å². The second-order valence-corrected chi connectivity index (χ2v) is 6.94. The minimum Gasteiger partial charge on any atom is -0.390 e. The van der Waals surface area contributed by atoms with Gasteiger partial charge in [0.1, 0.15) is 12.3 Å². The van der Waals surface area contributed by atoms with Crippen molar-refractivity contribution in [2.24, 2.45) is 26.4 Å². The van der Waals surface area contributed by atoms with Crippen molar-refractivity contribution in [3.05, 3.63) is 41.8 Å². The average molecular weight is 426 g/mol. The number of aliphatic hydroxyl groups is 3. The number of nitrogens with zero attached hydrogens (tertiary/aromatic N) is 12. The first-order chi connectivity index (χ1) is 14.4. The molecule has 0 bridgehead atoms. The summed E-state index contributed by atoms with van der Waals surface area (Å²) in [5.41, 5.74) is 34.7. The van der Waals surface area contributed by atoms with Gasteiger partial charge in [-0.05, 0) is 40.9 Å². The van der Waals surface area contributed by atoms with Gasteiger partial charge in [0.05, 0.1) is 42.5 Å². The maximum atomic E-state index is 14.7. The van der Waals surface area contributed by atoms with Crippen molar-refractivity contribution in [2.75, 3.05) is 6.54 Å². The minimum atomic E-state index is -2.06. The van der Waals surface area contributed by atoms with Gasteiger partial charge in [-0.1, -0.05) is 20.5 Å². The molecule has 0 amide bonds. The van der Waals surface area contributed by atoms with Gasteiger partial charge in [0.2, 0.25) is 0 Å². The summed E-state index contributed by atoms with van der Waals surface area (Å²) >= 11 is 0. The normalized spacial score (nSPS) is 40.7. The molecule has 0 unspecified atom stereocenters. The highest BCUT2D eigenvalue weighted by atomic mass is 19.1. The van der Waals surface area contributed by atoms with E-state index in [4.69, 9.17) is 26.9 Å². The fourth-order valence-electron chi connectivity index (χ4n) is 3.81. The molecule has 2 rings (SSSR count). The number of rotatable bonds is 7. The molecule has 162 valence electrons. The summed E-state index contributed by atoms with van der Waals surface area (Å²) in [6, 6.07) is -3.66. The Bertz CT molecular complexity index is 804. The molecule has 2 aliphatic carbocycles. The van der Waals surface area contributed by atoms with Crippen LogP contribution in [0.15, 0.2) is 20.5 Å². The molecular weight excluding hydrogens is 407 g/mol. The molecule has 16 nitrogen and oxygen atoms in total. The number of azide groups is 4. The van der Waals surface area contributed by atoms with E-state index >= 15 is 0 Å². The van der Waals surface area contributed by atoms with Crippen LogP contribution < -0.4 is 0 Å². The van der Waals surface area contributed by atoms with Crippen LogP contribution in [-0.2, 0) is 4.74 Å². The Hall–Kier alpha value is -2.99. The Morgan fingerprint density at radius 2 is 1.47 bits per heavy atom. The van der Waals surface area contributed by atoms with Gasteiger partial charge in [0, 0.05) is 26.2 Å². The molecule has 0 spiro atoms. The third kappa shape index (κ3) is 4.94. The van der Waals surface area contributed by atoms with E-state index in [1.54, 1.807) is 0 Å². The van der Waals surface area contributed by atoms with Crippen LogP contribution in [0.4, 0.5) is 4.39 Å². The van der Waals surface area contributed by atoms with Gasteiger partial charge in [0.25, 0.3) is 0 Å². The van der Waals surface area contributed by atoms with Crippen LogP contribution in [-0.4, -0.2) is 76.7 Å². The van der Waals surface area contributed by atoms with Crippen LogP contribution >= 0.6 is 0 Å². The summed E-state index contributed by atoms with van der Waals surface area (Å²) in [7, 11) is 0. The largest absolute Gasteiger partial charge is 0.390 e. The van der Waals surface area contributed by atoms with E-state index in [0.29, 0.717) is 0 Å². The van der Waals surface area contributed by atoms with Crippen molar-refractivity contribution >= 4 is 0 Å². The van der Waals surface area contributed by atoms with Crippen molar-refractivity contribution in [3.8, 4) is 0 Å². The van der Waals surface area contributed by atoms with Crippen LogP contribution in [0.5, 0.6) is 0 Å². The van der Waals surface area contributed by atoms with Crippen LogP contribution in [0, 0.1) is 5.92 Å². The lowest BCUT2D eigenvalue weighted by Crippen LogP contribution is -2.59. The Morgan fingerprint density at radius 1 is 0.833 bits per heavy atom. The molecule has 0 saturated heterocycles. The van der Waals surface area contributed by atoms with Crippen molar-refractivity contribution in [3.63, 3.8) is 0 Å². The first-order valence-electron chi connectivity index (χ1n) is 8.86. The molecule has 0 aromatic heterocycles. The SMILES string of the molecule is [N-]=[N+]=NC[C@H]1C[C@H](O[C@H]2[C@H](O)[C@@H](O)[C@H](N=[N+]=[N-])C[C@@H]2N=[N+]=[N-])[C@H](N=[N+]=[N-])[C@@H](F)[C@H]1O. The molecule has 0 radical (unpaired) electrons. The predicted molar refractivity (Wildman–Crippen MR) is 97.1 cm³/mol. The first kappa shape index (κ1) is 23.3. The lowest BCUT2D eigenvalue weighted by Gasteiger charge is -2.45. The van der Waals surface area contributed by atoms with Crippen molar-refractivity contribution < 1.29 is 24.4 Å². The van der Waals surface area contributed by atoms with Gasteiger partial charge in [-0.3, -0.25) is 0 Å². The number of alkyl halides is 1. The van der Waals surface area contributed by atoms with Crippen LogP contribution in [0.25, 0.3) is 41.8 Å². The highest BCUT2D eigenvalue weighted by Crippen LogP contribution is 2.36. The number of hydrogen-bond donors (Lipinski definition) is 3. The summed E-state index contributed by atoms with van der Waals surface area (Å²) in [4.78, 5) is 10.4. The Labute approximate surface area is 167 Å². The number of ether oxygens (including phenoxy) is 1. The first-order valence-corrected chi connectivity index (χ1v) is 8.86. The van der Waals surface area contributed by atoms with Crippen molar-refractivity contribution in [1.82, 2.24) is 0 Å². The molecule has 17 heteroatoms. The molecule has 10 atom stereocenters. The standard InChI is InChI=1S/C13H19FN12O4/c14-8-9(22-26-18)7(1-4(10(8)27)3-19-23-15)30-13-6(21-25-17)2-5(20-24-16)11(28)12(13)29/h4-13,27-29H,1-3H2/t4-,5-,6+,7+,8-,9+,10+,11+,12-,13-/m1/s1. The van der Waals surface area contributed by atoms with Crippen LogP contribution in [0.2, 0.25) is 0 Å². The molecule has 0 aromatic carbocycles. The fourth-order valence-corrected chi connectivity index (χ4v) is 3.81. The summed E-state index contributed by atoms with van der Waals surface area (Å²) in [5, 5.41) is 44.3. The molecular formula is C13H19FN12O4. The molecule has 2 saturated carbocycles. The quantitative estimate of drug-likeness (QED) is 0.312. The molecule has 0 aromatic rings. The summed E-state index contributed by atoms with van der Waals surface area (Å²) in [6.07, 6.45) is -9.66. The highest BCUT2D eigenvalue weighted by Gasteiger charge is 2.49. The van der Waals surface area contributed by atoms with Gasteiger partial charge in [-0.15, -0.1) is 0 Å². The fraction of sp³-hybridized carbons (Fsp3) is 1.00. The van der Waals surface area contributed by atoms with E-state index in [-0.39, 0.29) is 19.4 Å². The van der Waals surface area contributed by atoms with Crippen LogP contribution in [0.1, 0.15) is 12.8 Å². The van der Waals surface area contributed by atoms with E-state index in [1.807, 2.05) is 0 Å². The summed E-state index contributed by atoms with van der Waals surface area (Å²) < 4.78 is 20.5. The van der Waals surface area contributed by atoms with E-state index in [9.17, 15) is 19.7 Å². The van der Waals surface area contributed by atoms with Gasteiger partial charge < -0.3 is 20.1 Å². The van der Waals surface area contributed by atoms with E-state index < -0.39 is 60.7 Å². The summed E-state index contributed by atoms with van der Waals surface area (Å²) in [5.74, 6) is -0.870. The number of halogens is 1. The van der Waals surface area contributed by atoms with Gasteiger partial charge >= 0.3 is 0 Å². The molecule has 2 aliphatic rings. The Kier molecular flexibility index (Phi) is 8.30. The third-order valence-electron chi connectivity index (χ3n) is 5.29. The second kappa shape index (κ2) is 10.7. The maximum Gasteiger partial charge on any atom is 0.137 e. The van der Waals surface area contributed by atoms with Gasteiger partial charge in [-0.25, -0.2) is 4.39 Å². The second-order valence-electron chi connectivity index (χ2n) is 6.94. The topological polar surface area (TPSA) is 265 Å². The van der Waals surface area contributed by atoms with Crippen molar-refractivity contribution in [2.45, 2.75) is 67.7 Å². The van der Waals surface area contributed by atoms with Crippen LogP contribution in [0.3, 0.4) is 0 Å². The van der Waals surface area contributed by atoms with E-state index in [1.165, 1.54) is 0 Å². The minimum absolute atomic E-state index is 0.105. The third-order valence-corrected chi connectivity index (χ3v) is 5.29. The molecule has 3 N–H and O–H groups in total. The zero-order chi connectivity index (χ0) is 22.3. The smallest absolute Gasteiger partial charge is 0.137 e. The van der Waals surface area contributed by atoms with Gasteiger partial charge in [-0.2, -0.15) is 0 Å².